The van der Waals surface area contributed by atoms with Gasteiger partial charge in [-0.05, 0) is 18.6 Å². The fourth-order valence-corrected chi connectivity index (χ4v) is 1.40. The van der Waals surface area contributed by atoms with Gasteiger partial charge in [-0.1, -0.05) is 6.07 Å². The summed E-state index contributed by atoms with van der Waals surface area (Å²) in [5.74, 6) is -1.04. The van der Waals surface area contributed by atoms with Crippen molar-refractivity contribution in [3.05, 3.63) is 46.0 Å². The number of hydrogen-bond acceptors (Lipinski definition) is 4. The average Bonchev–Trinajstić information content (AvgIpc) is 2.29. The lowest BCUT2D eigenvalue weighted by Crippen LogP contribution is -2.19. The second-order valence-corrected chi connectivity index (χ2v) is 3.45. The van der Waals surface area contributed by atoms with Crippen LogP contribution in [-0.2, 0) is 0 Å². The van der Waals surface area contributed by atoms with Crippen LogP contribution < -0.4 is 5.56 Å². The van der Waals surface area contributed by atoms with Gasteiger partial charge in [0.2, 0.25) is 0 Å². The molecule has 0 saturated carbocycles. The smallest absolute Gasteiger partial charge is 0.342 e. The number of aromatic nitrogens is 3. The average molecular weight is 231 g/mol. The number of rotatable bonds is 2. The maximum absolute atomic E-state index is 11.5. The third-order valence-electron chi connectivity index (χ3n) is 2.26. The van der Waals surface area contributed by atoms with Gasteiger partial charge in [-0.2, -0.15) is 0 Å². The molecule has 0 amide bonds. The first kappa shape index (κ1) is 11.0. The van der Waals surface area contributed by atoms with Gasteiger partial charge in [0.15, 0.2) is 5.82 Å². The molecule has 2 aromatic rings. The Hall–Kier alpha value is -2.50. The summed E-state index contributed by atoms with van der Waals surface area (Å²) >= 11 is 0. The van der Waals surface area contributed by atoms with E-state index in [1.54, 1.807) is 12.3 Å². The van der Waals surface area contributed by atoms with Gasteiger partial charge in [-0.3, -0.25) is 9.78 Å². The molecule has 0 unspecified atom stereocenters. The minimum atomic E-state index is -1.30. The summed E-state index contributed by atoms with van der Waals surface area (Å²) in [7, 11) is 0. The van der Waals surface area contributed by atoms with E-state index in [4.69, 9.17) is 5.11 Å². The normalized spacial score (nSPS) is 10.2. The van der Waals surface area contributed by atoms with Crippen LogP contribution in [0.2, 0.25) is 0 Å². The summed E-state index contributed by atoms with van der Waals surface area (Å²) in [6.45, 7) is 1.83. The molecule has 2 heterocycles. The van der Waals surface area contributed by atoms with Gasteiger partial charge >= 0.3 is 5.97 Å². The number of nitrogens with one attached hydrogen (secondary N) is 1. The lowest BCUT2D eigenvalue weighted by molar-refractivity contribution is 0.0694. The quantitative estimate of drug-likeness (QED) is 0.798. The Kier molecular flexibility index (Phi) is 2.70. The molecule has 0 atom stereocenters. The zero-order valence-electron chi connectivity index (χ0n) is 8.97. The molecule has 2 N–H and O–H groups in total. The van der Waals surface area contributed by atoms with Crippen LogP contribution in [0.15, 0.2) is 29.3 Å². The Morgan fingerprint density at radius 3 is 2.76 bits per heavy atom. The van der Waals surface area contributed by atoms with Gasteiger partial charge in [-0.25, -0.2) is 9.78 Å². The van der Waals surface area contributed by atoms with Gasteiger partial charge < -0.3 is 10.1 Å². The number of hydrogen-bond donors (Lipinski definition) is 2. The van der Waals surface area contributed by atoms with Crippen molar-refractivity contribution in [2.75, 3.05) is 0 Å². The van der Waals surface area contributed by atoms with Crippen molar-refractivity contribution in [2.24, 2.45) is 0 Å². The third kappa shape index (κ3) is 2.05. The van der Waals surface area contributed by atoms with Gasteiger partial charge in [0, 0.05) is 12.4 Å². The van der Waals surface area contributed by atoms with Gasteiger partial charge in [0.1, 0.15) is 11.3 Å². The number of aryl methyl sites for hydroxylation is 1. The first-order valence-corrected chi connectivity index (χ1v) is 4.84. The molecule has 0 radical (unpaired) electrons. The van der Waals surface area contributed by atoms with Crippen molar-refractivity contribution in [2.45, 2.75) is 6.92 Å². The molecule has 6 heteroatoms. The molecule has 17 heavy (non-hydrogen) atoms. The number of carbonyl (C=O) groups is 1. The highest BCUT2D eigenvalue weighted by Gasteiger charge is 2.12. The predicted molar refractivity (Wildman–Crippen MR) is 59.8 cm³/mol. The molecule has 2 aromatic heterocycles. The Balaban J connectivity index is 2.57. The highest BCUT2D eigenvalue weighted by atomic mass is 16.4. The molecule has 0 saturated heterocycles. The molecule has 0 aliphatic carbocycles. The van der Waals surface area contributed by atoms with E-state index in [-0.39, 0.29) is 11.4 Å². The molecule has 0 aromatic carbocycles. The summed E-state index contributed by atoms with van der Waals surface area (Å²) in [6.07, 6.45) is 2.61. The Bertz CT molecular complexity index is 634. The van der Waals surface area contributed by atoms with Gasteiger partial charge in [0.25, 0.3) is 5.56 Å². The topological polar surface area (TPSA) is 95.9 Å². The van der Waals surface area contributed by atoms with Crippen molar-refractivity contribution in [3.63, 3.8) is 0 Å². The minimum absolute atomic E-state index is 0.262. The molecule has 0 spiro atoms. The third-order valence-corrected chi connectivity index (χ3v) is 2.26. The fraction of sp³-hybridized carbons (Fsp3) is 0.0909. The summed E-state index contributed by atoms with van der Waals surface area (Å²) < 4.78 is 0. The van der Waals surface area contributed by atoms with E-state index >= 15 is 0 Å². The zero-order chi connectivity index (χ0) is 12.4. The van der Waals surface area contributed by atoms with Crippen molar-refractivity contribution in [1.29, 1.82) is 0 Å². The monoisotopic (exact) mass is 231 g/mol. The number of aromatic carboxylic acids is 1. The van der Waals surface area contributed by atoms with Crippen molar-refractivity contribution in [3.8, 4) is 11.5 Å². The SMILES string of the molecule is Cc1cccnc1-c1ncc(C(=O)O)c(=O)[nH]1. The standard InChI is InChI=1S/C11H9N3O3/c1-6-3-2-4-12-8(6)9-13-5-7(11(16)17)10(15)14-9/h2-5H,1H3,(H,16,17)(H,13,14,15). The molecular weight excluding hydrogens is 222 g/mol. The van der Waals surface area contributed by atoms with Crippen molar-refractivity contribution < 1.29 is 9.90 Å². The summed E-state index contributed by atoms with van der Waals surface area (Å²) in [6, 6.07) is 3.59. The summed E-state index contributed by atoms with van der Waals surface area (Å²) in [4.78, 5) is 32.5. The molecule has 0 fully saturated rings. The molecule has 0 aliphatic rings. The van der Waals surface area contributed by atoms with Crippen LogP contribution in [0.4, 0.5) is 0 Å². The summed E-state index contributed by atoms with van der Waals surface area (Å²) in [5.41, 5.74) is 0.301. The number of pyridine rings is 1. The second kappa shape index (κ2) is 4.17. The van der Waals surface area contributed by atoms with Crippen molar-refractivity contribution >= 4 is 5.97 Å². The lowest BCUT2D eigenvalue weighted by atomic mass is 10.2. The van der Waals surface area contributed by atoms with Crippen LogP contribution in [0.5, 0.6) is 0 Å². The number of carboxylic acid groups (broad SMARTS) is 1. The van der Waals surface area contributed by atoms with Crippen LogP contribution in [0.3, 0.4) is 0 Å². The Labute approximate surface area is 96.0 Å². The predicted octanol–water partition coefficient (Wildman–Crippen LogP) is 0.839. The summed E-state index contributed by atoms with van der Waals surface area (Å²) in [5, 5.41) is 8.71. The maximum atomic E-state index is 11.5. The number of aromatic amines is 1. The zero-order valence-corrected chi connectivity index (χ0v) is 8.97. The van der Waals surface area contributed by atoms with E-state index in [1.165, 1.54) is 0 Å². The lowest BCUT2D eigenvalue weighted by Gasteiger charge is -2.03. The molecule has 0 aliphatic heterocycles. The van der Waals surface area contributed by atoms with Crippen molar-refractivity contribution in [1.82, 2.24) is 15.0 Å². The highest BCUT2D eigenvalue weighted by molar-refractivity contribution is 5.86. The van der Waals surface area contributed by atoms with Gasteiger partial charge in [0.05, 0.1) is 0 Å². The first-order chi connectivity index (χ1) is 8.09. The molecule has 0 bridgehead atoms. The van der Waals surface area contributed by atoms with E-state index in [1.807, 2.05) is 13.0 Å². The Morgan fingerprint density at radius 2 is 2.18 bits per heavy atom. The molecule has 86 valence electrons. The van der Waals surface area contributed by atoms with E-state index in [9.17, 15) is 9.59 Å². The van der Waals surface area contributed by atoms with Crippen LogP contribution in [0.25, 0.3) is 11.5 Å². The molecule has 6 nitrogen and oxygen atoms in total. The molecular formula is C11H9N3O3. The van der Waals surface area contributed by atoms with Crippen LogP contribution in [0.1, 0.15) is 15.9 Å². The minimum Gasteiger partial charge on any atom is -0.477 e. The number of H-pyrrole nitrogens is 1. The van der Waals surface area contributed by atoms with E-state index in [0.717, 1.165) is 11.8 Å². The van der Waals surface area contributed by atoms with Crippen LogP contribution in [-0.4, -0.2) is 26.0 Å². The second-order valence-electron chi connectivity index (χ2n) is 3.45. The largest absolute Gasteiger partial charge is 0.477 e. The number of carboxylic acids is 1. The van der Waals surface area contributed by atoms with E-state index < -0.39 is 11.5 Å². The van der Waals surface area contributed by atoms with Gasteiger partial charge in [-0.15, -0.1) is 0 Å². The number of nitrogens with zero attached hydrogens (tertiary/aromatic N) is 2. The highest BCUT2D eigenvalue weighted by Crippen LogP contribution is 2.14. The first-order valence-electron chi connectivity index (χ1n) is 4.84. The van der Waals surface area contributed by atoms with Crippen LogP contribution >= 0.6 is 0 Å². The van der Waals surface area contributed by atoms with Crippen LogP contribution in [0, 0.1) is 6.92 Å². The maximum Gasteiger partial charge on any atom is 0.342 e. The molecule has 2 rings (SSSR count). The van der Waals surface area contributed by atoms with E-state index in [2.05, 4.69) is 15.0 Å². The Morgan fingerprint density at radius 1 is 1.41 bits per heavy atom. The van der Waals surface area contributed by atoms with E-state index in [0.29, 0.717) is 5.69 Å². The fourth-order valence-electron chi connectivity index (χ4n) is 1.40.